The largest absolute Gasteiger partial charge is 0.377 e. The maximum absolute atomic E-state index is 6.26. The fraction of sp³-hybridized carbons (Fsp3) is 0.647. The van der Waals surface area contributed by atoms with Crippen LogP contribution in [0.4, 0.5) is 0 Å². The van der Waals surface area contributed by atoms with Gasteiger partial charge in [0, 0.05) is 36.3 Å². The molecule has 1 saturated heterocycles. The maximum Gasteiger partial charge on any atom is 0.0674 e. The molecule has 21 heavy (non-hydrogen) atoms. The minimum atomic E-state index is 0.114. The second kappa shape index (κ2) is 6.37. The Morgan fingerprint density at radius 1 is 1.43 bits per heavy atom. The molecule has 0 radical (unpaired) electrons. The van der Waals surface area contributed by atoms with Crippen molar-refractivity contribution in [3.05, 3.63) is 33.8 Å². The smallest absolute Gasteiger partial charge is 0.0674 e. The SMILES string of the molecule is CC1CN(C2(CN)CCc3cc(Br)ccc3C2)CCCO1. The molecule has 0 amide bonds. The van der Waals surface area contributed by atoms with Crippen LogP contribution in [-0.2, 0) is 17.6 Å². The second-order valence-corrected chi connectivity index (χ2v) is 7.41. The Balaban J connectivity index is 1.86. The molecule has 2 atom stereocenters. The van der Waals surface area contributed by atoms with Gasteiger partial charge in [-0.1, -0.05) is 22.0 Å². The first-order valence-electron chi connectivity index (χ1n) is 7.97. The van der Waals surface area contributed by atoms with Crippen molar-refractivity contribution in [2.45, 2.75) is 44.2 Å². The van der Waals surface area contributed by atoms with E-state index in [1.165, 1.54) is 15.6 Å². The van der Waals surface area contributed by atoms with Crippen LogP contribution >= 0.6 is 15.9 Å². The van der Waals surface area contributed by atoms with Crippen LogP contribution in [0.2, 0.25) is 0 Å². The highest BCUT2D eigenvalue weighted by Crippen LogP contribution is 2.35. The van der Waals surface area contributed by atoms with Crippen molar-refractivity contribution >= 4 is 15.9 Å². The zero-order valence-corrected chi connectivity index (χ0v) is 14.4. The highest BCUT2D eigenvalue weighted by atomic mass is 79.9. The van der Waals surface area contributed by atoms with Gasteiger partial charge in [0.25, 0.3) is 0 Å². The Bertz CT molecular complexity index is 508. The normalized spacial score (nSPS) is 30.7. The van der Waals surface area contributed by atoms with Gasteiger partial charge in [-0.3, -0.25) is 4.90 Å². The van der Waals surface area contributed by atoms with Crippen LogP contribution in [-0.4, -0.2) is 42.8 Å². The summed E-state index contributed by atoms with van der Waals surface area (Å²) in [4.78, 5) is 2.61. The summed E-state index contributed by atoms with van der Waals surface area (Å²) >= 11 is 3.58. The average Bonchev–Trinajstić information content (AvgIpc) is 2.72. The predicted molar refractivity (Wildman–Crippen MR) is 89.6 cm³/mol. The molecule has 0 bridgehead atoms. The molecular weight excluding hydrogens is 328 g/mol. The van der Waals surface area contributed by atoms with Crippen molar-refractivity contribution in [2.24, 2.45) is 5.73 Å². The molecule has 0 aromatic heterocycles. The van der Waals surface area contributed by atoms with Gasteiger partial charge in [0.1, 0.15) is 0 Å². The summed E-state index contributed by atoms with van der Waals surface area (Å²) in [6.45, 7) is 5.89. The van der Waals surface area contributed by atoms with E-state index in [0.717, 1.165) is 51.9 Å². The summed E-state index contributed by atoms with van der Waals surface area (Å²) in [6.07, 6.45) is 4.76. The lowest BCUT2D eigenvalue weighted by atomic mass is 9.76. The van der Waals surface area contributed by atoms with E-state index < -0.39 is 0 Å². The Kier molecular flexibility index (Phi) is 4.69. The molecule has 2 unspecified atom stereocenters. The monoisotopic (exact) mass is 352 g/mol. The quantitative estimate of drug-likeness (QED) is 0.889. The maximum atomic E-state index is 6.26. The first-order chi connectivity index (χ1) is 10.1. The lowest BCUT2D eigenvalue weighted by molar-refractivity contribution is 0.0318. The van der Waals surface area contributed by atoms with E-state index in [2.05, 4.69) is 46.0 Å². The van der Waals surface area contributed by atoms with Gasteiger partial charge < -0.3 is 10.5 Å². The molecule has 3 rings (SSSR count). The molecule has 4 heteroatoms. The Hall–Kier alpha value is -0.420. The number of halogens is 1. The van der Waals surface area contributed by atoms with Crippen molar-refractivity contribution in [3.63, 3.8) is 0 Å². The number of fused-ring (bicyclic) bond motifs is 1. The van der Waals surface area contributed by atoms with Crippen LogP contribution in [0, 0.1) is 0 Å². The van der Waals surface area contributed by atoms with Gasteiger partial charge in [0.05, 0.1) is 6.10 Å². The molecular formula is C17H25BrN2O. The van der Waals surface area contributed by atoms with E-state index >= 15 is 0 Å². The lowest BCUT2D eigenvalue weighted by Crippen LogP contribution is -2.58. The molecule has 1 aromatic rings. The molecule has 1 fully saturated rings. The summed E-state index contributed by atoms with van der Waals surface area (Å²) in [7, 11) is 0. The third-order valence-electron chi connectivity index (χ3n) is 5.05. The van der Waals surface area contributed by atoms with Gasteiger partial charge in [-0.2, -0.15) is 0 Å². The van der Waals surface area contributed by atoms with E-state index in [1.54, 1.807) is 0 Å². The summed E-state index contributed by atoms with van der Waals surface area (Å²) in [5.41, 5.74) is 9.32. The second-order valence-electron chi connectivity index (χ2n) is 6.50. The van der Waals surface area contributed by atoms with E-state index in [9.17, 15) is 0 Å². The van der Waals surface area contributed by atoms with E-state index in [0.29, 0.717) is 6.10 Å². The number of aryl methyl sites for hydroxylation is 1. The van der Waals surface area contributed by atoms with Crippen molar-refractivity contribution in [2.75, 3.05) is 26.2 Å². The van der Waals surface area contributed by atoms with Crippen LogP contribution < -0.4 is 5.73 Å². The third-order valence-corrected chi connectivity index (χ3v) is 5.54. The zero-order chi connectivity index (χ0) is 14.9. The van der Waals surface area contributed by atoms with Crippen LogP contribution in [0.3, 0.4) is 0 Å². The number of rotatable bonds is 2. The number of hydrogen-bond acceptors (Lipinski definition) is 3. The van der Waals surface area contributed by atoms with Gasteiger partial charge in [-0.15, -0.1) is 0 Å². The van der Waals surface area contributed by atoms with Crippen molar-refractivity contribution in [1.82, 2.24) is 4.90 Å². The molecule has 116 valence electrons. The molecule has 1 heterocycles. The molecule has 2 N–H and O–H groups in total. The highest BCUT2D eigenvalue weighted by Gasteiger charge is 2.39. The fourth-order valence-electron chi connectivity index (χ4n) is 3.81. The standard InChI is InChI=1S/C17H25BrN2O/c1-13-11-20(7-2-8-21-13)17(12-19)6-5-14-9-16(18)4-3-15(14)10-17/h3-4,9,13H,2,5-8,10-12,19H2,1H3. The summed E-state index contributed by atoms with van der Waals surface area (Å²) in [5, 5.41) is 0. The molecule has 1 aromatic carbocycles. The Morgan fingerprint density at radius 3 is 3.10 bits per heavy atom. The number of hydrogen-bond donors (Lipinski definition) is 1. The van der Waals surface area contributed by atoms with E-state index in [-0.39, 0.29) is 5.54 Å². The zero-order valence-electron chi connectivity index (χ0n) is 12.8. The molecule has 0 spiro atoms. The topological polar surface area (TPSA) is 38.5 Å². The van der Waals surface area contributed by atoms with Crippen molar-refractivity contribution in [3.8, 4) is 0 Å². The third kappa shape index (κ3) is 3.19. The lowest BCUT2D eigenvalue weighted by Gasteiger charge is -2.46. The molecule has 0 saturated carbocycles. The molecule has 1 aliphatic heterocycles. The molecule has 3 nitrogen and oxygen atoms in total. The van der Waals surface area contributed by atoms with Crippen LogP contribution in [0.5, 0.6) is 0 Å². The van der Waals surface area contributed by atoms with Gasteiger partial charge in [0.2, 0.25) is 0 Å². The molecule has 1 aliphatic carbocycles. The minimum Gasteiger partial charge on any atom is -0.377 e. The van der Waals surface area contributed by atoms with Gasteiger partial charge in [-0.05, 0) is 55.9 Å². The van der Waals surface area contributed by atoms with E-state index in [1.807, 2.05) is 0 Å². The van der Waals surface area contributed by atoms with Gasteiger partial charge in [0.15, 0.2) is 0 Å². The van der Waals surface area contributed by atoms with E-state index in [4.69, 9.17) is 10.5 Å². The predicted octanol–water partition coefficient (Wildman–Crippen LogP) is 2.75. The summed E-state index contributed by atoms with van der Waals surface area (Å²) in [5.74, 6) is 0. The number of benzene rings is 1. The van der Waals surface area contributed by atoms with Crippen LogP contribution in [0.25, 0.3) is 0 Å². The Morgan fingerprint density at radius 2 is 2.29 bits per heavy atom. The average molecular weight is 353 g/mol. The van der Waals surface area contributed by atoms with Gasteiger partial charge in [-0.25, -0.2) is 0 Å². The van der Waals surface area contributed by atoms with Crippen molar-refractivity contribution < 1.29 is 4.74 Å². The van der Waals surface area contributed by atoms with Gasteiger partial charge >= 0.3 is 0 Å². The summed E-state index contributed by atoms with van der Waals surface area (Å²) in [6, 6.07) is 6.68. The highest BCUT2D eigenvalue weighted by molar-refractivity contribution is 9.10. The number of nitrogens with two attached hydrogens (primary N) is 1. The number of nitrogens with zero attached hydrogens (tertiary/aromatic N) is 1. The summed E-state index contributed by atoms with van der Waals surface area (Å²) < 4.78 is 6.99. The van der Waals surface area contributed by atoms with Crippen LogP contribution in [0.15, 0.2) is 22.7 Å². The number of ether oxygens (including phenoxy) is 1. The van der Waals surface area contributed by atoms with Crippen LogP contribution in [0.1, 0.15) is 30.9 Å². The minimum absolute atomic E-state index is 0.114. The fourth-order valence-corrected chi connectivity index (χ4v) is 4.22. The first-order valence-corrected chi connectivity index (χ1v) is 8.76. The molecule has 2 aliphatic rings. The van der Waals surface area contributed by atoms with Crippen molar-refractivity contribution in [1.29, 1.82) is 0 Å². The first kappa shape index (κ1) is 15.5. The Labute approximate surface area is 136 Å².